The van der Waals surface area contributed by atoms with Gasteiger partial charge in [0.2, 0.25) is 5.88 Å². The van der Waals surface area contributed by atoms with E-state index < -0.39 is 0 Å². The fourth-order valence-corrected chi connectivity index (χ4v) is 1.40. The lowest BCUT2D eigenvalue weighted by molar-refractivity contribution is 0.460. The van der Waals surface area contributed by atoms with Gasteiger partial charge in [0.05, 0.1) is 6.20 Å². The standard InChI is InChI=1S/C11H6IN3O/c12-10-5-4-9(7-14-10)16-11-3-1-2-8(6-13)15-11/h1-5,7H. The van der Waals surface area contributed by atoms with Gasteiger partial charge in [0, 0.05) is 6.07 Å². The smallest absolute Gasteiger partial charge is 0.220 e. The zero-order valence-electron chi connectivity index (χ0n) is 8.09. The first kappa shape index (κ1) is 10.8. The normalized spacial score (nSPS) is 9.50. The van der Waals surface area contributed by atoms with E-state index in [1.54, 1.807) is 30.5 Å². The van der Waals surface area contributed by atoms with Gasteiger partial charge < -0.3 is 4.74 Å². The molecular formula is C11H6IN3O. The molecule has 0 aliphatic carbocycles. The molecule has 2 aromatic heterocycles. The Labute approximate surface area is 106 Å². The average Bonchev–Trinajstić information content (AvgIpc) is 2.32. The molecule has 2 aromatic rings. The van der Waals surface area contributed by atoms with Crippen molar-refractivity contribution in [2.75, 3.05) is 0 Å². The second kappa shape index (κ2) is 4.90. The topological polar surface area (TPSA) is 58.8 Å². The Morgan fingerprint density at radius 2 is 2.12 bits per heavy atom. The van der Waals surface area contributed by atoms with Crippen molar-refractivity contribution in [3.63, 3.8) is 0 Å². The summed E-state index contributed by atoms with van der Waals surface area (Å²) in [4.78, 5) is 8.08. The summed E-state index contributed by atoms with van der Waals surface area (Å²) in [5, 5.41) is 8.68. The molecule has 0 bridgehead atoms. The Hall–Kier alpha value is -1.68. The molecule has 0 atom stereocenters. The van der Waals surface area contributed by atoms with Gasteiger partial charge in [-0.25, -0.2) is 9.97 Å². The Kier molecular flexibility index (Phi) is 3.31. The van der Waals surface area contributed by atoms with Gasteiger partial charge in [0.15, 0.2) is 0 Å². The molecule has 0 amide bonds. The molecule has 0 spiro atoms. The van der Waals surface area contributed by atoms with Gasteiger partial charge in [-0.3, -0.25) is 0 Å². The van der Waals surface area contributed by atoms with Crippen molar-refractivity contribution in [2.24, 2.45) is 0 Å². The third-order valence-corrected chi connectivity index (χ3v) is 2.40. The molecule has 0 saturated heterocycles. The number of hydrogen-bond acceptors (Lipinski definition) is 4. The molecule has 0 aliphatic rings. The van der Waals surface area contributed by atoms with Crippen molar-refractivity contribution in [3.05, 3.63) is 45.9 Å². The van der Waals surface area contributed by atoms with Crippen LogP contribution in [0.5, 0.6) is 11.6 Å². The van der Waals surface area contributed by atoms with Crippen LogP contribution in [0.25, 0.3) is 0 Å². The largest absolute Gasteiger partial charge is 0.437 e. The van der Waals surface area contributed by atoms with Crippen molar-refractivity contribution in [1.29, 1.82) is 5.26 Å². The van der Waals surface area contributed by atoms with Crippen molar-refractivity contribution in [1.82, 2.24) is 9.97 Å². The zero-order valence-corrected chi connectivity index (χ0v) is 10.2. The molecular weight excluding hydrogens is 317 g/mol. The van der Waals surface area contributed by atoms with Gasteiger partial charge in [-0.2, -0.15) is 5.26 Å². The van der Waals surface area contributed by atoms with Crippen LogP contribution in [0, 0.1) is 15.0 Å². The van der Waals surface area contributed by atoms with Crippen LogP contribution in [0.15, 0.2) is 36.5 Å². The van der Waals surface area contributed by atoms with E-state index in [0.717, 1.165) is 3.70 Å². The number of hydrogen-bond donors (Lipinski definition) is 0. The molecule has 0 N–H and O–H groups in total. The highest BCUT2D eigenvalue weighted by Crippen LogP contribution is 2.18. The number of halogens is 1. The van der Waals surface area contributed by atoms with Crippen molar-refractivity contribution < 1.29 is 4.74 Å². The summed E-state index contributed by atoms with van der Waals surface area (Å²) in [5.41, 5.74) is 0.330. The lowest BCUT2D eigenvalue weighted by atomic mass is 10.4. The second-order valence-corrected chi connectivity index (χ2v) is 4.00. The van der Waals surface area contributed by atoms with Crippen LogP contribution in [0.1, 0.15) is 5.69 Å². The molecule has 0 aliphatic heterocycles. The predicted octanol–water partition coefficient (Wildman–Crippen LogP) is 2.75. The minimum Gasteiger partial charge on any atom is -0.437 e. The number of ether oxygens (including phenoxy) is 1. The van der Waals surface area contributed by atoms with Crippen LogP contribution >= 0.6 is 22.6 Å². The fourth-order valence-electron chi connectivity index (χ4n) is 1.08. The van der Waals surface area contributed by atoms with E-state index in [1.807, 2.05) is 12.1 Å². The maximum Gasteiger partial charge on any atom is 0.220 e. The van der Waals surface area contributed by atoms with E-state index in [1.165, 1.54) is 0 Å². The van der Waals surface area contributed by atoms with E-state index in [0.29, 0.717) is 17.3 Å². The highest BCUT2D eigenvalue weighted by Gasteiger charge is 2.00. The Bertz CT molecular complexity index is 534. The lowest BCUT2D eigenvalue weighted by Gasteiger charge is -2.03. The summed E-state index contributed by atoms with van der Waals surface area (Å²) in [7, 11) is 0. The molecule has 0 saturated carbocycles. The Morgan fingerprint density at radius 3 is 2.81 bits per heavy atom. The van der Waals surface area contributed by atoms with Gasteiger partial charge in [0.1, 0.15) is 21.2 Å². The average molecular weight is 323 g/mol. The van der Waals surface area contributed by atoms with Crippen molar-refractivity contribution >= 4 is 22.6 Å². The van der Waals surface area contributed by atoms with Gasteiger partial charge in [0.25, 0.3) is 0 Å². The predicted molar refractivity (Wildman–Crippen MR) is 66.0 cm³/mol. The molecule has 0 unspecified atom stereocenters. The maximum absolute atomic E-state index is 8.68. The van der Waals surface area contributed by atoms with Crippen LogP contribution in [0.3, 0.4) is 0 Å². The molecule has 4 nitrogen and oxygen atoms in total. The molecule has 0 aromatic carbocycles. The summed E-state index contributed by atoms with van der Waals surface area (Å²) in [6.07, 6.45) is 1.61. The SMILES string of the molecule is N#Cc1cccc(Oc2ccc(I)nc2)n1. The number of nitrogens with zero attached hydrogens (tertiary/aromatic N) is 3. The van der Waals surface area contributed by atoms with Crippen LogP contribution in [-0.2, 0) is 0 Å². The third kappa shape index (κ3) is 2.67. The second-order valence-electron chi connectivity index (χ2n) is 2.89. The number of aromatic nitrogens is 2. The van der Waals surface area contributed by atoms with Gasteiger partial charge in [-0.05, 0) is 40.8 Å². The first-order chi connectivity index (χ1) is 7.78. The van der Waals surface area contributed by atoms with E-state index in [-0.39, 0.29) is 0 Å². The number of pyridine rings is 2. The lowest BCUT2D eigenvalue weighted by Crippen LogP contribution is -1.90. The highest BCUT2D eigenvalue weighted by atomic mass is 127. The molecule has 2 heterocycles. The maximum atomic E-state index is 8.68. The number of rotatable bonds is 2. The first-order valence-corrected chi connectivity index (χ1v) is 5.52. The van der Waals surface area contributed by atoms with Gasteiger partial charge in [-0.1, -0.05) is 6.07 Å². The van der Waals surface area contributed by atoms with E-state index in [9.17, 15) is 0 Å². The Balaban J connectivity index is 2.21. The van der Waals surface area contributed by atoms with Gasteiger partial charge in [-0.15, -0.1) is 0 Å². The van der Waals surface area contributed by atoms with Crippen LogP contribution in [-0.4, -0.2) is 9.97 Å². The molecule has 5 heteroatoms. The molecule has 78 valence electrons. The van der Waals surface area contributed by atoms with E-state index in [2.05, 4.69) is 32.6 Å². The van der Waals surface area contributed by atoms with E-state index in [4.69, 9.17) is 10.00 Å². The minimum absolute atomic E-state index is 0.330. The van der Waals surface area contributed by atoms with Crippen LogP contribution in [0.4, 0.5) is 0 Å². The number of nitriles is 1. The molecule has 0 fully saturated rings. The van der Waals surface area contributed by atoms with Crippen LogP contribution in [0.2, 0.25) is 0 Å². The Morgan fingerprint density at radius 1 is 1.25 bits per heavy atom. The summed E-state index contributed by atoms with van der Waals surface area (Å²) in [5.74, 6) is 0.991. The van der Waals surface area contributed by atoms with Gasteiger partial charge >= 0.3 is 0 Å². The third-order valence-electron chi connectivity index (χ3n) is 1.76. The minimum atomic E-state index is 0.330. The molecule has 16 heavy (non-hydrogen) atoms. The summed E-state index contributed by atoms with van der Waals surface area (Å²) < 4.78 is 6.34. The van der Waals surface area contributed by atoms with Crippen molar-refractivity contribution in [3.8, 4) is 17.7 Å². The highest BCUT2D eigenvalue weighted by molar-refractivity contribution is 14.1. The fraction of sp³-hybridized carbons (Fsp3) is 0. The van der Waals surface area contributed by atoms with Crippen LogP contribution < -0.4 is 4.74 Å². The van der Waals surface area contributed by atoms with Crippen molar-refractivity contribution in [2.45, 2.75) is 0 Å². The summed E-state index contributed by atoms with van der Waals surface area (Å²) >= 11 is 2.11. The quantitative estimate of drug-likeness (QED) is 0.630. The molecule has 0 radical (unpaired) electrons. The van der Waals surface area contributed by atoms with E-state index >= 15 is 0 Å². The monoisotopic (exact) mass is 323 g/mol. The molecule has 2 rings (SSSR count). The first-order valence-electron chi connectivity index (χ1n) is 4.44. The zero-order chi connectivity index (χ0) is 11.4. The summed E-state index contributed by atoms with van der Waals surface area (Å²) in [6.45, 7) is 0. The summed E-state index contributed by atoms with van der Waals surface area (Å²) in [6, 6.07) is 10.6.